The molecule has 0 amide bonds. The van der Waals surface area contributed by atoms with E-state index in [4.69, 9.17) is 18.9 Å². The molecule has 2 aromatic carbocycles. The van der Waals surface area contributed by atoms with E-state index in [0.29, 0.717) is 26.4 Å². The van der Waals surface area contributed by atoms with Crippen LogP contribution in [0.3, 0.4) is 0 Å². The van der Waals surface area contributed by atoms with Gasteiger partial charge in [0, 0.05) is 12.8 Å². The third-order valence-electron chi connectivity index (χ3n) is 6.23. The van der Waals surface area contributed by atoms with Crippen molar-refractivity contribution in [3.8, 4) is 17.6 Å². The number of ether oxygens (including phenoxy) is 4. The van der Waals surface area contributed by atoms with Crippen molar-refractivity contribution < 1.29 is 23.7 Å². The van der Waals surface area contributed by atoms with Crippen molar-refractivity contribution in [2.75, 3.05) is 19.8 Å². The van der Waals surface area contributed by atoms with E-state index in [0.717, 1.165) is 36.1 Å². The molecule has 1 aliphatic heterocycles. The summed E-state index contributed by atoms with van der Waals surface area (Å²) in [4.78, 5) is 11.9. The quantitative estimate of drug-likeness (QED) is 0.377. The molecule has 4 rings (SSSR count). The lowest BCUT2D eigenvalue weighted by Crippen LogP contribution is -2.31. The summed E-state index contributed by atoms with van der Waals surface area (Å²) in [6, 6.07) is 16.3. The molecule has 2 aliphatic rings. The van der Waals surface area contributed by atoms with Gasteiger partial charge in [-0.25, -0.2) is 0 Å². The first kappa shape index (κ1) is 24.1. The number of carbonyl (C=O) groups is 1. The standard InChI is InChI=1S/C29H32O5/c1-3-6-25(20-28(30)31-4-2)23-9-11-27(12-10-23)32-21-22-7-5-8-26(19-22)24-13-15-29(16-14-24)33-17-18-34-29/h5,7-13,19,25H,4,14-18,20-21H2,1-2H3. The number of allylic oxidation sites excluding steroid dienone is 1. The van der Waals surface area contributed by atoms with Gasteiger partial charge in [0.1, 0.15) is 12.4 Å². The molecule has 34 heavy (non-hydrogen) atoms. The Balaban J connectivity index is 1.36. The van der Waals surface area contributed by atoms with Gasteiger partial charge >= 0.3 is 5.97 Å². The normalized spacial score (nSPS) is 17.4. The minimum atomic E-state index is -0.394. The van der Waals surface area contributed by atoms with Crippen LogP contribution in [0, 0.1) is 11.8 Å². The largest absolute Gasteiger partial charge is 0.489 e. The highest BCUT2D eigenvalue weighted by molar-refractivity contribution is 5.71. The van der Waals surface area contributed by atoms with Gasteiger partial charge in [0.05, 0.1) is 32.2 Å². The molecule has 0 radical (unpaired) electrons. The van der Waals surface area contributed by atoms with Crippen molar-refractivity contribution in [3.05, 3.63) is 71.3 Å². The van der Waals surface area contributed by atoms with Crippen molar-refractivity contribution in [2.45, 2.75) is 57.8 Å². The molecule has 0 saturated carbocycles. The van der Waals surface area contributed by atoms with E-state index in [1.54, 1.807) is 6.92 Å². The lowest BCUT2D eigenvalue weighted by molar-refractivity contribution is -0.159. The van der Waals surface area contributed by atoms with Crippen LogP contribution in [0.15, 0.2) is 54.6 Å². The van der Waals surface area contributed by atoms with Crippen LogP contribution in [0.25, 0.3) is 5.57 Å². The zero-order chi connectivity index (χ0) is 23.8. The van der Waals surface area contributed by atoms with Gasteiger partial charge < -0.3 is 18.9 Å². The van der Waals surface area contributed by atoms with Gasteiger partial charge in [-0.15, -0.1) is 5.92 Å². The Morgan fingerprint density at radius 1 is 1.15 bits per heavy atom. The molecule has 1 saturated heterocycles. The Bertz CT molecular complexity index is 1070. The molecule has 0 bridgehead atoms. The molecule has 1 spiro atoms. The maximum absolute atomic E-state index is 11.9. The molecule has 0 aromatic heterocycles. The predicted molar refractivity (Wildman–Crippen MR) is 131 cm³/mol. The van der Waals surface area contributed by atoms with Crippen LogP contribution in [0.4, 0.5) is 0 Å². The number of rotatable bonds is 8. The second kappa shape index (κ2) is 11.4. The zero-order valence-electron chi connectivity index (χ0n) is 20.0. The van der Waals surface area contributed by atoms with Crippen molar-refractivity contribution in [3.63, 3.8) is 0 Å². The minimum Gasteiger partial charge on any atom is -0.489 e. The number of hydrogen-bond acceptors (Lipinski definition) is 5. The Kier molecular flexibility index (Phi) is 8.05. The number of benzene rings is 2. The van der Waals surface area contributed by atoms with Crippen molar-refractivity contribution >= 4 is 11.5 Å². The monoisotopic (exact) mass is 460 g/mol. The first-order valence-electron chi connectivity index (χ1n) is 12.0. The van der Waals surface area contributed by atoms with Crippen LogP contribution >= 0.6 is 0 Å². The lowest BCUT2D eigenvalue weighted by Gasteiger charge is -2.30. The van der Waals surface area contributed by atoms with Crippen LogP contribution in [-0.4, -0.2) is 31.6 Å². The smallest absolute Gasteiger partial charge is 0.307 e. The fraction of sp³-hybridized carbons (Fsp3) is 0.414. The molecule has 1 aliphatic carbocycles. The Hall–Kier alpha value is -3.07. The van der Waals surface area contributed by atoms with E-state index in [9.17, 15) is 4.79 Å². The summed E-state index contributed by atoms with van der Waals surface area (Å²) >= 11 is 0. The Morgan fingerprint density at radius 2 is 1.94 bits per heavy atom. The second-order valence-corrected chi connectivity index (χ2v) is 8.56. The molecule has 5 heteroatoms. The van der Waals surface area contributed by atoms with E-state index in [2.05, 4.69) is 42.2 Å². The van der Waals surface area contributed by atoms with Gasteiger partial charge in [0.2, 0.25) is 0 Å². The molecular formula is C29H32O5. The van der Waals surface area contributed by atoms with Crippen LogP contribution in [-0.2, 0) is 25.6 Å². The van der Waals surface area contributed by atoms with Gasteiger partial charge in [0.25, 0.3) is 0 Å². The lowest BCUT2D eigenvalue weighted by atomic mass is 9.89. The van der Waals surface area contributed by atoms with Gasteiger partial charge in [-0.05, 0) is 60.7 Å². The van der Waals surface area contributed by atoms with E-state index >= 15 is 0 Å². The van der Waals surface area contributed by atoms with Crippen LogP contribution in [0.5, 0.6) is 5.75 Å². The van der Waals surface area contributed by atoms with E-state index in [-0.39, 0.29) is 18.3 Å². The summed E-state index contributed by atoms with van der Waals surface area (Å²) in [5.74, 6) is 5.99. The van der Waals surface area contributed by atoms with Gasteiger partial charge in [-0.1, -0.05) is 42.3 Å². The minimum absolute atomic E-state index is 0.183. The van der Waals surface area contributed by atoms with Gasteiger partial charge in [-0.3, -0.25) is 4.79 Å². The summed E-state index contributed by atoms with van der Waals surface area (Å²) in [5, 5.41) is 0. The molecule has 1 heterocycles. The summed E-state index contributed by atoms with van der Waals surface area (Å²) < 4.78 is 22.8. The molecule has 2 aromatic rings. The Morgan fingerprint density at radius 3 is 2.62 bits per heavy atom. The van der Waals surface area contributed by atoms with Crippen molar-refractivity contribution in [1.82, 2.24) is 0 Å². The highest BCUT2D eigenvalue weighted by Gasteiger charge is 2.37. The van der Waals surface area contributed by atoms with E-state index < -0.39 is 5.79 Å². The first-order chi connectivity index (χ1) is 16.6. The van der Waals surface area contributed by atoms with Gasteiger partial charge in [-0.2, -0.15) is 0 Å². The van der Waals surface area contributed by atoms with Crippen molar-refractivity contribution in [1.29, 1.82) is 0 Å². The van der Waals surface area contributed by atoms with Crippen LogP contribution in [0.2, 0.25) is 0 Å². The third kappa shape index (κ3) is 6.08. The third-order valence-corrected chi connectivity index (χ3v) is 6.23. The maximum atomic E-state index is 11.9. The first-order valence-corrected chi connectivity index (χ1v) is 12.0. The molecule has 5 nitrogen and oxygen atoms in total. The number of hydrogen-bond donors (Lipinski definition) is 0. The van der Waals surface area contributed by atoms with Gasteiger partial charge in [0.15, 0.2) is 5.79 Å². The molecule has 1 atom stereocenters. The molecule has 1 unspecified atom stereocenters. The highest BCUT2D eigenvalue weighted by Crippen LogP contribution is 2.38. The summed E-state index contributed by atoms with van der Waals surface area (Å²) in [5.41, 5.74) is 4.66. The summed E-state index contributed by atoms with van der Waals surface area (Å²) in [6.45, 7) is 5.82. The summed E-state index contributed by atoms with van der Waals surface area (Å²) in [7, 11) is 0. The second-order valence-electron chi connectivity index (χ2n) is 8.56. The fourth-order valence-corrected chi connectivity index (χ4v) is 4.47. The van der Waals surface area contributed by atoms with Crippen LogP contribution in [0.1, 0.15) is 62.1 Å². The highest BCUT2D eigenvalue weighted by atomic mass is 16.7. The Labute approximate surface area is 202 Å². The molecular weight excluding hydrogens is 428 g/mol. The maximum Gasteiger partial charge on any atom is 0.307 e. The topological polar surface area (TPSA) is 54.0 Å². The molecule has 1 fully saturated rings. The van der Waals surface area contributed by atoms with Crippen LogP contribution < -0.4 is 4.74 Å². The number of esters is 1. The van der Waals surface area contributed by atoms with E-state index in [1.165, 1.54) is 11.1 Å². The molecule has 178 valence electrons. The van der Waals surface area contributed by atoms with E-state index in [1.807, 2.05) is 31.2 Å². The number of carbonyl (C=O) groups excluding carboxylic acids is 1. The predicted octanol–water partition coefficient (Wildman–Crippen LogP) is 5.64. The SMILES string of the molecule is CC#CC(CC(=O)OCC)c1ccc(OCc2cccc(C3=CCC4(CC3)OCCO4)c2)cc1. The summed E-state index contributed by atoms with van der Waals surface area (Å²) in [6.07, 6.45) is 5.14. The fourth-order valence-electron chi connectivity index (χ4n) is 4.47. The average molecular weight is 461 g/mol. The zero-order valence-corrected chi connectivity index (χ0v) is 20.0. The molecule has 0 N–H and O–H groups in total. The van der Waals surface area contributed by atoms with Crippen molar-refractivity contribution in [2.24, 2.45) is 0 Å². The average Bonchev–Trinajstić information content (AvgIpc) is 3.31.